The molecule has 0 aliphatic carbocycles. The van der Waals surface area contributed by atoms with Crippen molar-refractivity contribution in [3.63, 3.8) is 0 Å². The molecule has 4 heterocycles. The van der Waals surface area contributed by atoms with Crippen LogP contribution in [0, 0.1) is 0 Å². The van der Waals surface area contributed by atoms with Crippen LogP contribution < -0.4 is 52.4 Å². The molecule has 4 aliphatic rings. The average molecular weight is 1070 g/mol. The molecule has 4 nitrogen and oxygen atoms in total. The molecular weight excluding hydrogens is 1010 g/mol. The summed E-state index contributed by atoms with van der Waals surface area (Å²) in [4.78, 5) is 9.83. The number of hydrogen-bond donors (Lipinski definition) is 0. The first-order valence-electron chi connectivity index (χ1n) is 29.1. The van der Waals surface area contributed by atoms with Crippen LogP contribution in [0.15, 0.2) is 328 Å². The van der Waals surface area contributed by atoms with Crippen molar-refractivity contribution in [1.82, 2.24) is 0 Å². The van der Waals surface area contributed by atoms with Crippen LogP contribution in [-0.4, -0.2) is 13.4 Å². The molecule has 13 aromatic rings. The molecular formula is C78H54B2N4. The largest absolute Gasteiger partial charge is 0.311 e. The van der Waals surface area contributed by atoms with Gasteiger partial charge in [-0.25, -0.2) is 0 Å². The molecule has 0 unspecified atom stereocenters. The van der Waals surface area contributed by atoms with Crippen LogP contribution in [0.5, 0.6) is 0 Å². The van der Waals surface area contributed by atoms with Gasteiger partial charge >= 0.3 is 0 Å². The van der Waals surface area contributed by atoms with E-state index < -0.39 is 0 Å². The summed E-state index contributed by atoms with van der Waals surface area (Å²) in [6.45, 7) is 0.263. The number of fused-ring (bicyclic) bond motifs is 8. The third kappa shape index (κ3) is 8.17. The van der Waals surface area contributed by atoms with Gasteiger partial charge in [0.1, 0.15) is 0 Å². The molecule has 0 atom stereocenters. The minimum atomic E-state index is 0.118. The molecule has 6 heteroatoms. The predicted molar refractivity (Wildman–Crippen MR) is 357 cm³/mol. The molecule has 0 radical (unpaired) electrons. The zero-order chi connectivity index (χ0) is 55.5. The van der Waals surface area contributed by atoms with Crippen LogP contribution in [0.25, 0.3) is 33.4 Å². The van der Waals surface area contributed by atoms with E-state index in [4.69, 9.17) is 0 Å². The topological polar surface area (TPSA) is 13.0 Å². The second kappa shape index (κ2) is 20.6. The van der Waals surface area contributed by atoms with Crippen LogP contribution in [0.3, 0.4) is 0 Å². The maximum absolute atomic E-state index is 2.46. The van der Waals surface area contributed by atoms with Crippen LogP contribution in [0.2, 0.25) is 0 Å². The number of nitrogens with zero attached hydrogens (tertiary/aromatic N) is 4. The molecule has 392 valence electrons. The zero-order valence-corrected chi connectivity index (χ0v) is 46.1. The van der Waals surface area contributed by atoms with Gasteiger partial charge in [-0.05, 0) is 169 Å². The first-order chi connectivity index (χ1) is 41.7. The van der Waals surface area contributed by atoms with Crippen molar-refractivity contribution in [2.75, 3.05) is 19.6 Å². The van der Waals surface area contributed by atoms with E-state index in [1.807, 2.05) is 0 Å². The fourth-order valence-corrected chi connectivity index (χ4v) is 13.7. The lowest BCUT2D eigenvalue weighted by Crippen LogP contribution is -2.61. The van der Waals surface area contributed by atoms with Crippen molar-refractivity contribution in [2.24, 2.45) is 0 Å². The maximum Gasteiger partial charge on any atom is 0.252 e. The van der Waals surface area contributed by atoms with Crippen molar-refractivity contribution in [3.8, 4) is 33.4 Å². The van der Waals surface area contributed by atoms with E-state index in [-0.39, 0.29) is 13.4 Å². The van der Waals surface area contributed by atoms with Gasteiger partial charge in [0, 0.05) is 68.2 Å². The summed E-state index contributed by atoms with van der Waals surface area (Å²) in [6, 6.07) is 119. The first kappa shape index (κ1) is 49.0. The van der Waals surface area contributed by atoms with E-state index in [2.05, 4.69) is 347 Å². The summed E-state index contributed by atoms with van der Waals surface area (Å²) < 4.78 is 0. The van der Waals surface area contributed by atoms with Crippen molar-refractivity contribution >= 4 is 114 Å². The summed E-state index contributed by atoms with van der Waals surface area (Å²) in [5, 5.41) is 0. The van der Waals surface area contributed by atoms with Crippen molar-refractivity contribution in [1.29, 1.82) is 0 Å². The summed E-state index contributed by atoms with van der Waals surface area (Å²) in [6.07, 6.45) is 0. The summed E-state index contributed by atoms with van der Waals surface area (Å²) >= 11 is 0. The highest BCUT2D eigenvalue weighted by molar-refractivity contribution is 7.01. The molecule has 0 aromatic heterocycles. The molecule has 0 fully saturated rings. The summed E-state index contributed by atoms with van der Waals surface area (Å²) in [7, 11) is 0. The van der Waals surface area contributed by atoms with Gasteiger partial charge in [0.2, 0.25) is 0 Å². The SMILES string of the molecule is c1ccc(-c2cc3c4c(c2)N(c2ccccc2)c2ccccc2B4c2ccccc2N3c2ccccc2)cc1.c1ccc(-c2cccc(-c3cc4c5c(c3)N(c3ccccc3)c3ccccc3B5c3ccccc3N4c3ccccc3)c2)cc1. The molecule has 84 heavy (non-hydrogen) atoms. The zero-order valence-electron chi connectivity index (χ0n) is 46.1. The first-order valence-corrected chi connectivity index (χ1v) is 29.1. The number of hydrogen-bond acceptors (Lipinski definition) is 4. The summed E-state index contributed by atoms with van der Waals surface area (Å²) in [5.41, 5.74) is 29.8. The molecule has 0 saturated carbocycles. The van der Waals surface area contributed by atoms with Gasteiger partial charge in [0.15, 0.2) is 0 Å². The lowest BCUT2D eigenvalue weighted by atomic mass is 9.33. The fourth-order valence-electron chi connectivity index (χ4n) is 13.7. The Bertz CT molecular complexity index is 4360. The van der Waals surface area contributed by atoms with E-state index >= 15 is 0 Å². The van der Waals surface area contributed by atoms with Gasteiger partial charge in [0.25, 0.3) is 13.4 Å². The van der Waals surface area contributed by atoms with Gasteiger partial charge in [-0.2, -0.15) is 0 Å². The molecule has 13 aromatic carbocycles. The Labute approximate surface area is 492 Å². The Morgan fingerprint density at radius 3 is 0.702 bits per heavy atom. The Balaban J connectivity index is 0.000000139. The lowest BCUT2D eigenvalue weighted by molar-refractivity contribution is 1.25. The third-order valence-corrected chi connectivity index (χ3v) is 17.2. The second-order valence-corrected chi connectivity index (χ2v) is 22.0. The quantitative estimate of drug-likeness (QED) is 0.147. The third-order valence-electron chi connectivity index (χ3n) is 17.2. The lowest BCUT2D eigenvalue weighted by Gasteiger charge is -2.44. The Kier molecular flexibility index (Phi) is 12.0. The van der Waals surface area contributed by atoms with Gasteiger partial charge < -0.3 is 19.6 Å². The van der Waals surface area contributed by atoms with Crippen molar-refractivity contribution < 1.29 is 0 Å². The van der Waals surface area contributed by atoms with E-state index in [0.717, 1.165) is 11.4 Å². The monoisotopic (exact) mass is 1070 g/mol. The highest BCUT2D eigenvalue weighted by Gasteiger charge is 2.45. The van der Waals surface area contributed by atoms with E-state index in [1.54, 1.807) is 0 Å². The van der Waals surface area contributed by atoms with Crippen LogP contribution in [0.1, 0.15) is 0 Å². The molecule has 0 N–H and O–H groups in total. The molecule has 4 aliphatic heterocycles. The van der Waals surface area contributed by atoms with Crippen molar-refractivity contribution in [2.45, 2.75) is 0 Å². The second-order valence-electron chi connectivity index (χ2n) is 22.0. The Morgan fingerprint density at radius 2 is 0.393 bits per heavy atom. The smallest absolute Gasteiger partial charge is 0.252 e. The highest BCUT2D eigenvalue weighted by Crippen LogP contribution is 2.48. The molecule has 0 saturated heterocycles. The minimum absolute atomic E-state index is 0.118. The summed E-state index contributed by atoms with van der Waals surface area (Å²) in [5.74, 6) is 0. The molecule has 0 spiro atoms. The average Bonchev–Trinajstić information content (AvgIpc) is 0.821. The molecule has 0 bridgehead atoms. The normalized spacial score (nSPS) is 12.9. The van der Waals surface area contributed by atoms with E-state index in [0.29, 0.717) is 0 Å². The van der Waals surface area contributed by atoms with Crippen LogP contribution in [-0.2, 0) is 0 Å². The number of benzene rings is 13. The van der Waals surface area contributed by atoms with Crippen molar-refractivity contribution in [3.05, 3.63) is 328 Å². The van der Waals surface area contributed by atoms with E-state index in [9.17, 15) is 0 Å². The fraction of sp³-hybridized carbons (Fsp3) is 0. The number of para-hydroxylation sites is 8. The molecule has 0 amide bonds. The Hall–Kier alpha value is -10.8. The van der Waals surface area contributed by atoms with Gasteiger partial charge in [-0.1, -0.05) is 224 Å². The molecule has 17 rings (SSSR count). The standard InChI is InChI=1S/C42H29BN2.C36H25BN2/c1-4-15-30(16-5-1)31-17-14-18-32(27-31)33-28-40-42-41(29-33)45(35-21-8-3-9-22-35)39-26-13-11-24-37(39)43(42)36-23-10-12-25-38(36)44(40)34-19-6-2-7-20-34;1-4-14-26(15-5-1)27-24-34-36-35(25-27)39(29-18-8-3-9-19-29)33-23-13-11-21-31(33)37(36)30-20-10-12-22-32(30)38(34)28-16-6-2-7-17-28/h1-29H;1-25H. The van der Waals surface area contributed by atoms with Gasteiger partial charge in [-0.3, -0.25) is 0 Å². The Morgan fingerprint density at radius 1 is 0.167 bits per heavy atom. The van der Waals surface area contributed by atoms with Gasteiger partial charge in [0.05, 0.1) is 0 Å². The predicted octanol–water partition coefficient (Wildman–Crippen LogP) is 16.5. The number of rotatable bonds is 7. The highest BCUT2D eigenvalue weighted by atomic mass is 15.2. The minimum Gasteiger partial charge on any atom is -0.311 e. The van der Waals surface area contributed by atoms with E-state index in [1.165, 1.54) is 123 Å². The van der Waals surface area contributed by atoms with Crippen LogP contribution >= 0.6 is 0 Å². The maximum atomic E-state index is 2.46. The van der Waals surface area contributed by atoms with Gasteiger partial charge in [-0.15, -0.1) is 0 Å². The van der Waals surface area contributed by atoms with Crippen LogP contribution in [0.4, 0.5) is 68.2 Å². The number of anilines is 12.